The highest BCUT2D eigenvalue weighted by Gasteiger charge is 2.29. The summed E-state index contributed by atoms with van der Waals surface area (Å²) in [5, 5.41) is 16.2. The van der Waals surface area contributed by atoms with Crippen LogP contribution in [0.1, 0.15) is 24.0 Å². The van der Waals surface area contributed by atoms with Gasteiger partial charge >= 0.3 is 5.97 Å². The second-order valence-electron chi connectivity index (χ2n) is 8.22. The second-order valence-corrected chi connectivity index (χ2v) is 8.22. The van der Waals surface area contributed by atoms with E-state index in [-0.39, 0.29) is 25.7 Å². The third kappa shape index (κ3) is 9.94. The summed E-state index contributed by atoms with van der Waals surface area (Å²) in [5.74, 6) is -3.97. The molecule has 0 aliphatic heterocycles. The van der Waals surface area contributed by atoms with Crippen molar-refractivity contribution in [1.29, 1.82) is 0 Å². The van der Waals surface area contributed by atoms with Gasteiger partial charge in [0.25, 0.3) is 0 Å². The summed E-state index contributed by atoms with van der Waals surface area (Å²) in [6, 6.07) is 14.6. The molecule has 8 N–H and O–H groups in total. The summed E-state index contributed by atoms with van der Waals surface area (Å²) in [6.07, 6.45) is -0.00623. The third-order valence-corrected chi connectivity index (χ3v) is 5.28. The topological polar surface area (TPSA) is 194 Å². The van der Waals surface area contributed by atoms with E-state index in [0.29, 0.717) is 0 Å². The first kappa shape index (κ1) is 28.0. The molecule has 11 heteroatoms. The van der Waals surface area contributed by atoms with Gasteiger partial charge in [-0.1, -0.05) is 60.7 Å². The molecule has 0 aliphatic rings. The van der Waals surface area contributed by atoms with Crippen LogP contribution in [0.15, 0.2) is 60.7 Å². The molecule has 0 bridgehead atoms. The van der Waals surface area contributed by atoms with Gasteiger partial charge in [-0.05, 0) is 24.0 Å². The molecule has 0 saturated heterocycles. The first-order chi connectivity index (χ1) is 17.2. The Morgan fingerprint density at radius 2 is 1.28 bits per heavy atom. The van der Waals surface area contributed by atoms with Crippen molar-refractivity contribution in [2.45, 2.75) is 43.8 Å². The molecule has 192 valence electrons. The van der Waals surface area contributed by atoms with Crippen molar-refractivity contribution in [2.75, 3.05) is 6.54 Å². The van der Waals surface area contributed by atoms with E-state index in [0.717, 1.165) is 11.1 Å². The molecule has 2 aromatic carbocycles. The van der Waals surface area contributed by atoms with Crippen LogP contribution in [0.4, 0.5) is 0 Å². The molecular weight excluding hydrogens is 466 g/mol. The Morgan fingerprint density at radius 3 is 1.81 bits per heavy atom. The molecule has 0 aromatic heterocycles. The SMILES string of the molecule is NC(=O)CCC(NC(=O)C(N)Cc1ccccc1)C(=O)NC(Cc1ccccc1)C(=O)NCC(=O)O. The van der Waals surface area contributed by atoms with Gasteiger partial charge in [0, 0.05) is 12.8 Å². The molecule has 0 fully saturated rings. The molecule has 3 atom stereocenters. The quantitative estimate of drug-likeness (QED) is 0.197. The number of carboxylic acid groups (broad SMARTS) is 1. The summed E-state index contributed by atoms with van der Waals surface area (Å²) in [6.45, 7) is -0.629. The van der Waals surface area contributed by atoms with Crippen molar-refractivity contribution in [3.63, 3.8) is 0 Å². The van der Waals surface area contributed by atoms with Gasteiger partial charge in [0.15, 0.2) is 0 Å². The number of primary amides is 1. The smallest absolute Gasteiger partial charge is 0.322 e. The molecule has 0 saturated carbocycles. The number of amides is 4. The number of carbonyl (C=O) groups is 5. The number of hydrogen-bond acceptors (Lipinski definition) is 6. The Labute approximate surface area is 208 Å². The van der Waals surface area contributed by atoms with Crippen LogP contribution in [-0.2, 0) is 36.8 Å². The van der Waals surface area contributed by atoms with Gasteiger partial charge in [-0.2, -0.15) is 0 Å². The zero-order valence-corrected chi connectivity index (χ0v) is 19.7. The number of rotatable bonds is 14. The van der Waals surface area contributed by atoms with Crippen LogP contribution in [0, 0.1) is 0 Å². The zero-order chi connectivity index (χ0) is 26.5. The maximum Gasteiger partial charge on any atom is 0.322 e. The molecule has 11 nitrogen and oxygen atoms in total. The molecule has 0 spiro atoms. The van der Waals surface area contributed by atoms with Crippen molar-refractivity contribution in [3.05, 3.63) is 71.8 Å². The van der Waals surface area contributed by atoms with Crippen LogP contribution in [0.2, 0.25) is 0 Å². The van der Waals surface area contributed by atoms with Gasteiger partial charge in [0.05, 0.1) is 6.04 Å². The second kappa shape index (κ2) is 14.2. The molecule has 0 heterocycles. The molecule has 4 amide bonds. The van der Waals surface area contributed by atoms with E-state index in [2.05, 4.69) is 16.0 Å². The Hall–Kier alpha value is -4.25. The minimum absolute atomic E-state index is 0.0715. The summed E-state index contributed by atoms with van der Waals surface area (Å²) < 4.78 is 0. The van der Waals surface area contributed by atoms with Crippen molar-refractivity contribution in [3.8, 4) is 0 Å². The highest BCUT2D eigenvalue weighted by atomic mass is 16.4. The number of carbonyl (C=O) groups excluding carboxylic acids is 4. The lowest BCUT2D eigenvalue weighted by molar-refractivity contribution is -0.138. The monoisotopic (exact) mass is 497 g/mol. The Morgan fingerprint density at radius 1 is 0.750 bits per heavy atom. The molecule has 36 heavy (non-hydrogen) atoms. The number of nitrogens with one attached hydrogen (secondary N) is 3. The van der Waals surface area contributed by atoms with Crippen LogP contribution < -0.4 is 27.4 Å². The van der Waals surface area contributed by atoms with E-state index in [1.807, 2.05) is 30.3 Å². The highest BCUT2D eigenvalue weighted by molar-refractivity contribution is 5.94. The molecular formula is C25H31N5O6. The van der Waals surface area contributed by atoms with E-state index in [9.17, 15) is 24.0 Å². The lowest BCUT2D eigenvalue weighted by Crippen LogP contribution is -2.56. The zero-order valence-electron chi connectivity index (χ0n) is 19.7. The van der Waals surface area contributed by atoms with Crippen LogP contribution in [0.5, 0.6) is 0 Å². The van der Waals surface area contributed by atoms with Crippen molar-refractivity contribution in [2.24, 2.45) is 11.5 Å². The Balaban J connectivity index is 2.14. The predicted octanol–water partition coefficient (Wildman–Crippen LogP) is -0.765. The number of benzene rings is 2. The minimum atomic E-state index is -1.24. The van der Waals surface area contributed by atoms with Crippen molar-refractivity contribution < 1.29 is 29.1 Å². The maximum atomic E-state index is 13.1. The Kier molecular flexibility index (Phi) is 11.1. The molecule has 0 radical (unpaired) electrons. The van der Waals surface area contributed by atoms with Gasteiger partial charge in [0.1, 0.15) is 18.6 Å². The standard InChI is InChI=1S/C25H31N5O6/c26-18(13-16-7-3-1-4-8-16)23(34)29-19(11-12-21(27)31)25(36)30-20(24(35)28-15-22(32)33)14-17-9-5-2-6-10-17/h1-10,18-20H,11-15,26H2,(H2,27,31)(H,28,35)(H,29,34)(H,30,36)(H,32,33). The number of hydrogen-bond donors (Lipinski definition) is 6. The van der Waals surface area contributed by atoms with E-state index in [1.165, 1.54) is 0 Å². The molecule has 3 unspecified atom stereocenters. The fraction of sp³-hybridized carbons (Fsp3) is 0.320. The van der Waals surface area contributed by atoms with Crippen LogP contribution >= 0.6 is 0 Å². The number of carboxylic acids is 1. The average Bonchev–Trinajstić information content (AvgIpc) is 2.85. The van der Waals surface area contributed by atoms with Crippen LogP contribution in [0.3, 0.4) is 0 Å². The van der Waals surface area contributed by atoms with Gasteiger partial charge in [-0.15, -0.1) is 0 Å². The molecule has 2 rings (SSSR count). The summed E-state index contributed by atoms with van der Waals surface area (Å²) in [5.41, 5.74) is 12.8. The summed E-state index contributed by atoms with van der Waals surface area (Å²) >= 11 is 0. The maximum absolute atomic E-state index is 13.1. The Bertz CT molecular complexity index is 1050. The van der Waals surface area contributed by atoms with Crippen LogP contribution in [-0.4, -0.2) is 59.4 Å². The lowest BCUT2D eigenvalue weighted by Gasteiger charge is -2.24. The average molecular weight is 498 g/mol. The number of nitrogens with two attached hydrogens (primary N) is 2. The van der Waals surface area contributed by atoms with Gasteiger partial charge < -0.3 is 32.5 Å². The van der Waals surface area contributed by atoms with Crippen molar-refractivity contribution >= 4 is 29.6 Å². The summed E-state index contributed by atoms with van der Waals surface area (Å²) in [7, 11) is 0. The van der Waals surface area contributed by atoms with Crippen LogP contribution in [0.25, 0.3) is 0 Å². The largest absolute Gasteiger partial charge is 0.480 e. The number of aliphatic carboxylic acids is 1. The normalized spacial score (nSPS) is 13.0. The fourth-order valence-electron chi connectivity index (χ4n) is 3.41. The minimum Gasteiger partial charge on any atom is -0.480 e. The third-order valence-electron chi connectivity index (χ3n) is 5.28. The van der Waals surface area contributed by atoms with Gasteiger partial charge in [0.2, 0.25) is 23.6 Å². The molecule has 0 aliphatic carbocycles. The fourth-order valence-corrected chi connectivity index (χ4v) is 3.41. The highest BCUT2D eigenvalue weighted by Crippen LogP contribution is 2.07. The molecule has 2 aromatic rings. The van der Waals surface area contributed by atoms with E-state index in [4.69, 9.17) is 16.6 Å². The first-order valence-electron chi connectivity index (χ1n) is 11.4. The van der Waals surface area contributed by atoms with Gasteiger partial charge in [-0.3, -0.25) is 24.0 Å². The van der Waals surface area contributed by atoms with Crippen molar-refractivity contribution in [1.82, 2.24) is 16.0 Å². The van der Waals surface area contributed by atoms with E-state index in [1.54, 1.807) is 30.3 Å². The van der Waals surface area contributed by atoms with Gasteiger partial charge in [-0.25, -0.2) is 0 Å². The van der Waals surface area contributed by atoms with E-state index < -0.39 is 54.3 Å². The summed E-state index contributed by atoms with van der Waals surface area (Å²) in [4.78, 5) is 60.7. The first-order valence-corrected chi connectivity index (χ1v) is 11.4. The predicted molar refractivity (Wildman–Crippen MR) is 131 cm³/mol. The lowest BCUT2D eigenvalue weighted by atomic mass is 10.0. The van der Waals surface area contributed by atoms with E-state index >= 15 is 0 Å².